The van der Waals surface area contributed by atoms with Crippen molar-refractivity contribution in [3.8, 4) is 0 Å². The van der Waals surface area contributed by atoms with Crippen LogP contribution >= 0.6 is 0 Å². The van der Waals surface area contributed by atoms with Crippen LogP contribution in [-0.4, -0.2) is 48.1 Å². The predicted molar refractivity (Wildman–Crippen MR) is 60.4 cm³/mol. The second kappa shape index (κ2) is 8.55. The minimum Gasteiger partial charge on any atom is -0.481 e. The SMILES string of the molecule is CCOC(=O)CCC(=O)N(C)CCCC(=O)O. The van der Waals surface area contributed by atoms with Crippen LogP contribution in [0.25, 0.3) is 0 Å². The molecule has 0 unspecified atom stereocenters. The van der Waals surface area contributed by atoms with Crippen molar-refractivity contribution in [3.05, 3.63) is 0 Å². The van der Waals surface area contributed by atoms with Gasteiger partial charge in [0.05, 0.1) is 13.0 Å². The van der Waals surface area contributed by atoms with Gasteiger partial charge in [-0.25, -0.2) is 0 Å². The molecule has 0 aromatic carbocycles. The van der Waals surface area contributed by atoms with Crippen molar-refractivity contribution >= 4 is 17.8 Å². The van der Waals surface area contributed by atoms with Crippen LogP contribution in [0.15, 0.2) is 0 Å². The summed E-state index contributed by atoms with van der Waals surface area (Å²) in [5.41, 5.74) is 0. The molecule has 17 heavy (non-hydrogen) atoms. The van der Waals surface area contributed by atoms with E-state index >= 15 is 0 Å². The van der Waals surface area contributed by atoms with Gasteiger partial charge in [-0.2, -0.15) is 0 Å². The number of aliphatic carboxylic acids is 1. The third-order valence-corrected chi connectivity index (χ3v) is 2.16. The lowest BCUT2D eigenvalue weighted by Gasteiger charge is -2.16. The maximum Gasteiger partial charge on any atom is 0.306 e. The summed E-state index contributed by atoms with van der Waals surface area (Å²) in [6, 6.07) is 0. The standard InChI is InChI=1S/C11H19NO5/c1-3-17-11(16)7-6-9(13)12(2)8-4-5-10(14)15/h3-8H2,1-2H3,(H,14,15). The number of nitrogens with zero attached hydrogens (tertiary/aromatic N) is 1. The maximum absolute atomic E-state index is 11.5. The molecule has 98 valence electrons. The minimum absolute atomic E-state index is 0.0372. The second-order valence-electron chi connectivity index (χ2n) is 3.62. The summed E-state index contributed by atoms with van der Waals surface area (Å²) < 4.78 is 4.70. The summed E-state index contributed by atoms with van der Waals surface area (Å²) in [5.74, 6) is -1.44. The summed E-state index contributed by atoms with van der Waals surface area (Å²) in [6.45, 7) is 2.40. The largest absolute Gasteiger partial charge is 0.481 e. The van der Waals surface area contributed by atoms with Crippen LogP contribution < -0.4 is 0 Å². The lowest BCUT2D eigenvalue weighted by atomic mass is 10.2. The zero-order valence-electron chi connectivity index (χ0n) is 10.3. The molecule has 6 nitrogen and oxygen atoms in total. The summed E-state index contributed by atoms with van der Waals surface area (Å²) in [6.07, 6.45) is 0.616. The quantitative estimate of drug-likeness (QED) is 0.635. The van der Waals surface area contributed by atoms with Crippen LogP contribution in [0, 0.1) is 0 Å². The van der Waals surface area contributed by atoms with E-state index in [1.165, 1.54) is 4.90 Å². The third-order valence-electron chi connectivity index (χ3n) is 2.16. The van der Waals surface area contributed by atoms with Gasteiger partial charge in [0.1, 0.15) is 0 Å². The van der Waals surface area contributed by atoms with E-state index in [-0.39, 0.29) is 31.1 Å². The Morgan fingerprint density at radius 3 is 2.35 bits per heavy atom. The zero-order chi connectivity index (χ0) is 13.3. The predicted octanol–water partition coefficient (Wildman–Crippen LogP) is 0.653. The van der Waals surface area contributed by atoms with E-state index in [1.54, 1.807) is 14.0 Å². The highest BCUT2D eigenvalue weighted by Gasteiger charge is 2.11. The Morgan fingerprint density at radius 2 is 1.82 bits per heavy atom. The number of carboxylic acid groups (broad SMARTS) is 1. The Labute approximate surface area is 101 Å². The highest BCUT2D eigenvalue weighted by Crippen LogP contribution is 2.00. The van der Waals surface area contributed by atoms with Gasteiger partial charge in [-0.05, 0) is 13.3 Å². The van der Waals surface area contributed by atoms with Gasteiger partial charge in [0.15, 0.2) is 0 Å². The van der Waals surface area contributed by atoms with Gasteiger partial charge in [-0.15, -0.1) is 0 Å². The number of hydrogen-bond acceptors (Lipinski definition) is 4. The molecule has 0 aliphatic rings. The fourth-order valence-electron chi connectivity index (χ4n) is 1.23. The Kier molecular flexibility index (Phi) is 7.75. The first-order valence-electron chi connectivity index (χ1n) is 5.58. The van der Waals surface area contributed by atoms with E-state index in [0.717, 1.165) is 0 Å². The molecule has 1 amide bonds. The Balaban J connectivity index is 3.74. The van der Waals surface area contributed by atoms with Crippen molar-refractivity contribution in [2.75, 3.05) is 20.2 Å². The van der Waals surface area contributed by atoms with Crippen LogP contribution in [0.3, 0.4) is 0 Å². The molecular formula is C11H19NO5. The van der Waals surface area contributed by atoms with E-state index < -0.39 is 5.97 Å². The normalized spacial score (nSPS) is 9.76. The third kappa shape index (κ3) is 8.24. The highest BCUT2D eigenvalue weighted by atomic mass is 16.5. The molecule has 0 bridgehead atoms. The van der Waals surface area contributed by atoms with Crippen molar-refractivity contribution in [1.29, 1.82) is 0 Å². The van der Waals surface area contributed by atoms with Gasteiger partial charge >= 0.3 is 11.9 Å². The van der Waals surface area contributed by atoms with E-state index in [1.807, 2.05) is 0 Å². The van der Waals surface area contributed by atoms with Gasteiger partial charge in [-0.1, -0.05) is 0 Å². The summed E-state index contributed by atoms with van der Waals surface area (Å²) in [4.78, 5) is 34.2. The molecule has 1 N–H and O–H groups in total. The fraction of sp³-hybridized carbons (Fsp3) is 0.727. The fourth-order valence-corrected chi connectivity index (χ4v) is 1.23. The van der Waals surface area contributed by atoms with Crippen LogP contribution in [0.1, 0.15) is 32.6 Å². The van der Waals surface area contributed by atoms with Crippen LogP contribution in [0.5, 0.6) is 0 Å². The lowest BCUT2D eigenvalue weighted by Crippen LogP contribution is -2.28. The smallest absolute Gasteiger partial charge is 0.306 e. The number of carboxylic acids is 1. The Morgan fingerprint density at radius 1 is 1.18 bits per heavy atom. The first-order valence-corrected chi connectivity index (χ1v) is 5.58. The molecule has 0 aromatic heterocycles. The van der Waals surface area contributed by atoms with E-state index in [0.29, 0.717) is 19.6 Å². The number of carbonyl (C=O) groups excluding carboxylic acids is 2. The zero-order valence-corrected chi connectivity index (χ0v) is 10.3. The van der Waals surface area contributed by atoms with E-state index in [9.17, 15) is 14.4 Å². The van der Waals surface area contributed by atoms with Gasteiger partial charge in [-0.3, -0.25) is 14.4 Å². The van der Waals surface area contributed by atoms with Gasteiger partial charge < -0.3 is 14.7 Å². The summed E-state index contributed by atoms with van der Waals surface area (Å²) in [5, 5.41) is 8.44. The van der Waals surface area contributed by atoms with Crippen molar-refractivity contribution in [2.45, 2.75) is 32.6 Å². The van der Waals surface area contributed by atoms with Crippen molar-refractivity contribution in [1.82, 2.24) is 4.90 Å². The highest BCUT2D eigenvalue weighted by molar-refractivity contribution is 5.81. The number of rotatable bonds is 8. The van der Waals surface area contributed by atoms with Gasteiger partial charge in [0, 0.05) is 26.4 Å². The number of hydrogen-bond donors (Lipinski definition) is 1. The Hall–Kier alpha value is -1.59. The molecule has 0 aliphatic heterocycles. The number of ether oxygens (including phenoxy) is 1. The van der Waals surface area contributed by atoms with Crippen LogP contribution in [0.2, 0.25) is 0 Å². The molecule has 0 radical (unpaired) electrons. The minimum atomic E-state index is -0.877. The topological polar surface area (TPSA) is 83.9 Å². The average molecular weight is 245 g/mol. The molecule has 6 heteroatoms. The molecular weight excluding hydrogens is 226 g/mol. The first kappa shape index (κ1) is 15.4. The monoisotopic (exact) mass is 245 g/mol. The molecule has 0 saturated carbocycles. The summed E-state index contributed by atoms with van der Waals surface area (Å²) in [7, 11) is 1.59. The van der Waals surface area contributed by atoms with Crippen LogP contribution in [0.4, 0.5) is 0 Å². The molecule has 0 atom stereocenters. The average Bonchev–Trinajstić information content (AvgIpc) is 2.25. The van der Waals surface area contributed by atoms with Crippen LogP contribution in [-0.2, 0) is 19.1 Å². The number of carbonyl (C=O) groups is 3. The molecule has 0 saturated heterocycles. The van der Waals surface area contributed by atoms with E-state index in [4.69, 9.17) is 9.84 Å². The molecule has 0 fully saturated rings. The summed E-state index contributed by atoms with van der Waals surface area (Å²) >= 11 is 0. The van der Waals surface area contributed by atoms with Gasteiger partial charge in [0.2, 0.25) is 5.91 Å². The molecule has 0 spiro atoms. The lowest BCUT2D eigenvalue weighted by molar-refractivity contribution is -0.145. The Bertz CT molecular complexity index is 277. The van der Waals surface area contributed by atoms with Crippen molar-refractivity contribution in [3.63, 3.8) is 0 Å². The first-order chi connectivity index (χ1) is 7.97. The molecule has 0 rings (SSSR count). The molecule has 0 aromatic rings. The van der Waals surface area contributed by atoms with Crippen molar-refractivity contribution < 1.29 is 24.2 Å². The number of esters is 1. The molecule has 0 aliphatic carbocycles. The molecule has 0 heterocycles. The maximum atomic E-state index is 11.5. The van der Waals surface area contributed by atoms with E-state index in [2.05, 4.69) is 0 Å². The second-order valence-corrected chi connectivity index (χ2v) is 3.62. The van der Waals surface area contributed by atoms with Crippen molar-refractivity contribution in [2.24, 2.45) is 0 Å². The number of amides is 1. The van der Waals surface area contributed by atoms with Gasteiger partial charge in [0.25, 0.3) is 0 Å².